The first kappa shape index (κ1) is 21.9. The molecular weight excluding hydrogens is 383 g/mol. The minimum Gasteiger partial charge on any atom is -0.444 e. The summed E-state index contributed by atoms with van der Waals surface area (Å²) in [5.41, 5.74) is -0.587. The van der Waals surface area contributed by atoms with Crippen molar-refractivity contribution in [2.24, 2.45) is 17.3 Å². The van der Waals surface area contributed by atoms with Crippen molar-refractivity contribution in [3.05, 3.63) is 0 Å². The minimum atomic E-state index is -0.661. The van der Waals surface area contributed by atoms with E-state index >= 15 is 0 Å². The maximum Gasteiger partial charge on any atom is 0.481 e. The van der Waals surface area contributed by atoms with Gasteiger partial charge in [0.05, 0.1) is 17.6 Å². The monoisotopic (exact) mass is 420 g/mol. The molecule has 8 heteroatoms. The molecule has 0 unspecified atom stereocenters. The molecule has 6 atom stereocenters. The lowest BCUT2D eigenvalue weighted by atomic mass is 9.43. The summed E-state index contributed by atoms with van der Waals surface area (Å²) >= 11 is 0. The standard InChI is InChI=1S/C22H37BN2O5/c1-13(24-19(27)28-20(2,3)4)18(26)25-10-8-9-17(25)23-29-16-12-14-11-15(21(14,5)6)22(16,7)30-23/h13-17H,8-12H2,1-7H3,(H,24,27)/t13-,14+,15+,16+,17-,22-/m0/s1. The third kappa shape index (κ3) is 3.54. The lowest BCUT2D eigenvalue weighted by molar-refractivity contribution is -0.199. The smallest absolute Gasteiger partial charge is 0.444 e. The van der Waals surface area contributed by atoms with Crippen molar-refractivity contribution >= 4 is 19.1 Å². The first-order chi connectivity index (χ1) is 13.8. The van der Waals surface area contributed by atoms with E-state index in [2.05, 4.69) is 26.1 Å². The third-order valence-electron chi connectivity index (χ3n) is 7.97. The van der Waals surface area contributed by atoms with E-state index < -0.39 is 24.9 Å². The number of nitrogens with one attached hydrogen (secondary N) is 1. The molecule has 30 heavy (non-hydrogen) atoms. The Kier molecular flexibility index (Phi) is 5.21. The second-order valence-electron chi connectivity index (χ2n) is 11.4. The van der Waals surface area contributed by atoms with Gasteiger partial charge in [-0.25, -0.2) is 4.79 Å². The molecule has 0 aromatic rings. The van der Waals surface area contributed by atoms with E-state index in [9.17, 15) is 9.59 Å². The molecule has 0 radical (unpaired) electrons. The van der Waals surface area contributed by atoms with Crippen molar-refractivity contribution in [1.82, 2.24) is 10.2 Å². The number of carbonyl (C=O) groups is 2. The molecule has 0 aromatic carbocycles. The first-order valence-electron chi connectivity index (χ1n) is 11.5. The first-order valence-corrected chi connectivity index (χ1v) is 11.5. The molecule has 5 fully saturated rings. The fraction of sp³-hybridized carbons (Fsp3) is 0.909. The minimum absolute atomic E-state index is 0.106. The number of amides is 2. The summed E-state index contributed by atoms with van der Waals surface area (Å²) in [4.78, 5) is 27.1. The second kappa shape index (κ2) is 7.12. The van der Waals surface area contributed by atoms with Crippen LogP contribution in [0.15, 0.2) is 0 Å². The molecule has 2 aliphatic heterocycles. The van der Waals surface area contributed by atoms with Gasteiger partial charge in [0.1, 0.15) is 11.6 Å². The van der Waals surface area contributed by atoms with Gasteiger partial charge in [-0.15, -0.1) is 0 Å². The Morgan fingerprint density at radius 3 is 2.57 bits per heavy atom. The lowest BCUT2D eigenvalue weighted by Gasteiger charge is -2.64. The Labute approximate surface area is 180 Å². The maximum absolute atomic E-state index is 13.1. The fourth-order valence-corrected chi connectivity index (χ4v) is 6.21. The SMILES string of the molecule is C[C@H](NC(=O)OC(C)(C)C)C(=O)N1CCC[C@H]1B1O[C@@H]2C[C@H]3C[C@H](C3(C)C)[C@]2(C)O1. The summed E-state index contributed by atoms with van der Waals surface area (Å²) in [6, 6.07) is -0.661. The highest BCUT2D eigenvalue weighted by atomic mass is 16.7. The number of carbonyl (C=O) groups excluding carboxylic acids is 2. The summed E-state index contributed by atoms with van der Waals surface area (Å²) in [5, 5.41) is 2.67. The molecule has 2 saturated heterocycles. The number of alkyl carbamates (subject to hydrolysis) is 1. The number of nitrogens with zero attached hydrogens (tertiary/aromatic N) is 1. The molecule has 3 aliphatic carbocycles. The van der Waals surface area contributed by atoms with Crippen LogP contribution < -0.4 is 5.32 Å². The summed E-state index contributed by atoms with van der Waals surface area (Å²) in [6.45, 7) is 14.7. The van der Waals surface area contributed by atoms with Crippen molar-refractivity contribution in [2.75, 3.05) is 6.54 Å². The molecule has 3 saturated carbocycles. The van der Waals surface area contributed by atoms with Crippen molar-refractivity contribution in [2.45, 2.75) is 103 Å². The van der Waals surface area contributed by atoms with Crippen LogP contribution in [0.4, 0.5) is 4.79 Å². The molecule has 1 N–H and O–H groups in total. The van der Waals surface area contributed by atoms with Crippen LogP contribution in [-0.4, -0.2) is 59.9 Å². The predicted molar refractivity (Wildman–Crippen MR) is 114 cm³/mol. The van der Waals surface area contributed by atoms with E-state index in [1.54, 1.807) is 27.7 Å². The van der Waals surface area contributed by atoms with Gasteiger partial charge in [0, 0.05) is 6.54 Å². The van der Waals surface area contributed by atoms with E-state index in [1.165, 1.54) is 6.42 Å². The quantitative estimate of drug-likeness (QED) is 0.710. The Morgan fingerprint density at radius 1 is 1.23 bits per heavy atom. The van der Waals surface area contributed by atoms with Gasteiger partial charge in [-0.1, -0.05) is 13.8 Å². The van der Waals surface area contributed by atoms with Crippen LogP contribution in [0.3, 0.4) is 0 Å². The topological polar surface area (TPSA) is 77.1 Å². The second-order valence-corrected chi connectivity index (χ2v) is 11.4. The van der Waals surface area contributed by atoms with Crippen LogP contribution in [0.1, 0.15) is 74.1 Å². The number of likely N-dealkylation sites (tertiary alicyclic amines) is 1. The van der Waals surface area contributed by atoms with E-state index in [0.29, 0.717) is 23.8 Å². The van der Waals surface area contributed by atoms with E-state index in [-0.39, 0.29) is 23.6 Å². The van der Waals surface area contributed by atoms with Crippen molar-refractivity contribution < 1.29 is 23.6 Å². The molecule has 5 aliphatic rings. The maximum atomic E-state index is 13.1. The van der Waals surface area contributed by atoms with Gasteiger partial charge in [-0.05, 0) is 77.6 Å². The molecule has 168 valence electrons. The molecule has 2 heterocycles. The highest BCUT2D eigenvalue weighted by Gasteiger charge is 2.69. The van der Waals surface area contributed by atoms with E-state index in [0.717, 1.165) is 19.3 Å². The highest BCUT2D eigenvalue weighted by Crippen LogP contribution is 2.65. The van der Waals surface area contributed by atoms with E-state index in [4.69, 9.17) is 14.0 Å². The molecule has 2 bridgehead atoms. The Hall–Kier alpha value is -1.28. The van der Waals surface area contributed by atoms with Gasteiger partial charge in [-0.2, -0.15) is 0 Å². The molecule has 2 amide bonds. The van der Waals surface area contributed by atoms with Crippen LogP contribution in [-0.2, 0) is 18.8 Å². The molecule has 5 rings (SSSR count). The molecule has 0 aromatic heterocycles. The number of hydrogen-bond donors (Lipinski definition) is 1. The van der Waals surface area contributed by atoms with Crippen LogP contribution in [0.25, 0.3) is 0 Å². The van der Waals surface area contributed by atoms with Crippen LogP contribution >= 0.6 is 0 Å². The van der Waals surface area contributed by atoms with Gasteiger partial charge in [0.2, 0.25) is 5.91 Å². The summed E-state index contributed by atoms with van der Waals surface area (Å²) < 4.78 is 18.3. The van der Waals surface area contributed by atoms with Crippen LogP contribution in [0.5, 0.6) is 0 Å². The fourth-order valence-electron chi connectivity index (χ4n) is 6.21. The van der Waals surface area contributed by atoms with Gasteiger partial charge < -0.3 is 24.3 Å². The third-order valence-corrected chi connectivity index (χ3v) is 7.97. The Morgan fingerprint density at radius 2 is 1.93 bits per heavy atom. The Bertz CT molecular complexity index is 723. The van der Waals surface area contributed by atoms with Crippen molar-refractivity contribution in [3.63, 3.8) is 0 Å². The zero-order valence-electron chi connectivity index (χ0n) is 19.5. The van der Waals surface area contributed by atoms with Crippen molar-refractivity contribution in [3.8, 4) is 0 Å². The zero-order chi connectivity index (χ0) is 22.1. The lowest BCUT2D eigenvalue weighted by Crippen LogP contribution is -2.65. The molecule has 0 spiro atoms. The number of hydrogen-bond acceptors (Lipinski definition) is 5. The van der Waals surface area contributed by atoms with Crippen molar-refractivity contribution in [1.29, 1.82) is 0 Å². The van der Waals surface area contributed by atoms with Crippen LogP contribution in [0.2, 0.25) is 0 Å². The highest BCUT2D eigenvalue weighted by molar-refractivity contribution is 6.48. The zero-order valence-corrected chi connectivity index (χ0v) is 19.5. The van der Waals surface area contributed by atoms with Crippen LogP contribution in [0, 0.1) is 17.3 Å². The van der Waals surface area contributed by atoms with Gasteiger partial charge in [0.15, 0.2) is 0 Å². The predicted octanol–water partition coefficient (Wildman–Crippen LogP) is 3.16. The summed E-state index contributed by atoms with van der Waals surface area (Å²) in [6.07, 6.45) is 3.55. The largest absolute Gasteiger partial charge is 0.481 e. The molecule has 7 nitrogen and oxygen atoms in total. The average Bonchev–Trinajstić information content (AvgIpc) is 3.21. The molecular formula is C22H37BN2O5. The van der Waals surface area contributed by atoms with Gasteiger partial charge in [0.25, 0.3) is 0 Å². The van der Waals surface area contributed by atoms with Gasteiger partial charge >= 0.3 is 13.2 Å². The Balaban J connectivity index is 1.41. The average molecular weight is 420 g/mol. The summed E-state index contributed by atoms with van der Waals surface area (Å²) in [5.74, 6) is 0.975. The summed E-state index contributed by atoms with van der Waals surface area (Å²) in [7, 11) is -0.393. The normalized spacial score (nSPS) is 38.0. The van der Waals surface area contributed by atoms with E-state index in [1.807, 2.05) is 4.90 Å². The number of ether oxygens (including phenoxy) is 1. The van der Waals surface area contributed by atoms with Gasteiger partial charge in [-0.3, -0.25) is 4.79 Å². The number of rotatable bonds is 3.